The maximum absolute atomic E-state index is 8.67. The molecule has 1 aliphatic carbocycles. The third-order valence-electron chi connectivity index (χ3n) is 2.90. The van der Waals surface area contributed by atoms with Gasteiger partial charge in [-0.3, -0.25) is 0 Å². The second kappa shape index (κ2) is 4.07. The second-order valence-electron chi connectivity index (χ2n) is 3.98. The van der Waals surface area contributed by atoms with Crippen LogP contribution in [0.1, 0.15) is 39.5 Å². The molecular weight excluding hydrogens is 138 g/mol. The highest BCUT2D eigenvalue weighted by Gasteiger charge is 2.22. The summed E-state index contributed by atoms with van der Waals surface area (Å²) in [5.41, 5.74) is 2.36. The summed E-state index contributed by atoms with van der Waals surface area (Å²) < 4.78 is 0. The molecule has 0 radical (unpaired) electrons. The fraction of sp³-hybridized carbons (Fsp3) is 1.00. The highest BCUT2D eigenvalue weighted by Crippen LogP contribution is 2.29. The Morgan fingerprint density at radius 3 is 2.09 bits per heavy atom. The summed E-state index contributed by atoms with van der Waals surface area (Å²) in [5.74, 6) is 1.70. The normalized spacial score (nSPS) is 32.7. The zero-order chi connectivity index (χ0) is 8.27. The first-order valence-electron chi connectivity index (χ1n) is 4.63. The molecule has 0 aromatic carbocycles. The zero-order valence-electron chi connectivity index (χ0n) is 7.51. The highest BCUT2D eigenvalue weighted by molar-refractivity contribution is 4.76. The van der Waals surface area contributed by atoms with Crippen LogP contribution in [0.25, 0.3) is 0 Å². The molecule has 2 heteroatoms. The smallest absolute Gasteiger partial charge is 0.0319 e. The predicted molar refractivity (Wildman–Crippen MR) is 45.5 cm³/mol. The van der Waals surface area contributed by atoms with Crippen molar-refractivity contribution in [1.82, 2.24) is 5.48 Å². The zero-order valence-corrected chi connectivity index (χ0v) is 7.51. The molecule has 0 saturated heterocycles. The Kier molecular flexibility index (Phi) is 3.34. The van der Waals surface area contributed by atoms with Gasteiger partial charge in [0.05, 0.1) is 0 Å². The van der Waals surface area contributed by atoms with Gasteiger partial charge in [0, 0.05) is 6.04 Å². The molecule has 0 heterocycles. The molecule has 1 saturated carbocycles. The molecule has 66 valence electrons. The monoisotopic (exact) mass is 157 g/mol. The molecule has 0 aromatic heterocycles. The van der Waals surface area contributed by atoms with Gasteiger partial charge in [0.15, 0.2) is 0 Å². The average molecular weight is 157 g/mol. The van der Waals surface area contributed by atoms with Gasteiger partial charge < -0.3 is 5.21 Å². The van der Waals surface area contributed by atoms with Gasteiger partial charge in [-0.15, -0.1) is 0 Å². The Labute approximate surface area is 69.0 Å². The van der Waals surface area contributed by atoms with Crippen LogP contribution in [0.4, 0.5) is 0 Å². The summed E-state index contributed by atoms with van der Waals surface area (Å²) in [6, 6.07) is 0.366. The van der Waals surface area contributed by atoms with Crippen molar-refractivity contribution in [2.24, 2.45) is 11.8 Å². The van der Waals surface area contributed by atoms with Gasteiger partial charge in [-0.05, 0) is 37.5 Å². The summed E-state index contributed by atoms with van der Waals surface area (Å²) in [6.07, 6.45) is 4.82. The van der Waals surface area contributed by atoms with Gasteiger partial charge in [-0.1, -0.05) is 13.8 Å². The molecule has 0 aromatic rings. The van der Waals surface area contributed by atoms with Crippen molar-refractivity contribution < 1.29 is 5.21 Å². The maximum Gasteiger partial charge on any atom is 0.0319 e. The van der Waals surface area contributed by atoms with Gasteiger partial charge in [0.2, 0.25) is 0 Å². The summed E-state index contributed by atoms with van der Waals surface area (Å²) >= 11 is 0. The van der Waals surface area contributed by atoms with Gasteiger partial charge in [-0.2, -0.15) is 0 Å². The average Bonchev–Trinajstić information content (AvgIpc) is 2.05. The van der Waals surface area contributed by atoms with E-state index >= 15 is 0 Å². The Morgan fingerprint density at radius 1 is 1.18 bits per heavy atom. The first kappa shape index (κ1) is 9.01. The van der Waals surface area contributed by atoms with Crippen molar-refractivity contribution in [2.45, 2.75) is 45.6 Å². The lowest BCUT2D eigenvalue weighted by molar-refractivity contribution is 0.0907. The minimum absolute atomic E-state index is 0.366. The fourth-order valence-corrected chi connectivity index (χ4v) is 1.91. The lowest BCUT2D eigenvalue weighted by Gasteiger charge is -2.29. The molecule has 0 unspecified atom stereocenters. The van der Waals surface area contributed by atoms with Crippen LogP contribution in [-0.2, 0) is 0 Å². The highest BCUT2D eigenvalue weighted by atomic mass is 16.5. The summed E-state index contributed by atoms with van der Waals surface area (Å²) in [7, 11) is 0. The molecular formula is C9H19NO. The van der Waals surface area contributed by atoms with E-state index in [1.54, 1.807) is 0 Å². The standard InChI is InChI=1S/C9H19NO/c1-7(2)8-3-5-9(10-11)6-4-8/h7-11H,3-6H2,1-2H3. The van der Waals surface area contributed by atoms with Crippen LogP contribution in [0.2, 0.25) is 0 Å². The van der Waals surface area contributed by atoms with Crippen LogP contribution in [0.3, 0.4) is 0 Å². The van der Waals surface area contributed by atoms with Crippen molar-refractivity contribution in [3.05, 3.63) is 0 Å². The molecule has 1 rings (SSSR count). The van der Waals surface area contributed by atoms with E-state index in [1.807, 2.05) is 0 Å². The van der Waals surface area contributed by atoms with E-state index in [-0.39, 0.29) is 0 Å². The third kappa shape index (κ3) is 2.46. The van der Waals surface area contributed by atoms with Gasteiger partial charge in [0.25, 0.3) is 0 Å². The first-order chi connectivity index (χ1) is 5.24. The SMILES string of the molecule is CC(C)C1CCC(NO)CC1. The van der Waals surface area contributed by atoms with Crippen molar-refractivity contribution in [2.75, 3.05) is 0 Å². The third-order valence-corrected chi connectivity index (χ3v) is 2.90. The lowest BCUT2D eigenvalue weighted by Crippen LogP contribution is -2.31. The van der Waals surface area contributed by atoms with Crippen LogP contribution >= 0.6 is 0 Å². The largest absolute Gasteiger partial charge is 0.317 e. The van der Waals surface area contributed by atoms with Crippen molar-refractivity contribution in [3.63, 3.8) is 0 Å². The van der Waals surface area contributed by atoms with Crippen molar-refractivity contribution in [3.8, 4) is 0 Å². The van der Waals surface area contributed by atoms with Gasteiger partial charge in [0.1, 0.15) is 0 Å². The van der Waals surface area contributed by atoms with Crippen LogP contribution < -0.4 is 5.48 Å². The summed E-state index contributed by atoms with van der Waals surface area (Å²) in [5, 5.41) is 8.67. The minimum atomic E-state index is 0.366. The molecule has 2 N–H and O–H groups in total. The van der Waals surface area contributed by atoms with Crippen LogP contribution in [0.15, 0.2) is 0 Å². The molecule has 1 fully saturated rings. The predicted octanol–water partition coefficient (Wildman–Crippen LogP) is 2.18. The Bertz CT molecular complexity index is 106. The number of hydrogen-bond acceptors (Lipinski definition) is 2. The Hall–Kier alpha value is -0.0800. The minimum Gasteiger partial charge on any atom is -0.317 e. The molecule has 2 nitrogen and oxygen atoms in total. The lowest BCUT2D eigenvalue weighted by atomic mass is 9.80. The maximum atomic E-state index is 8.67. The molecule has 0 spiro atoms. The quantitative estimate of drug-likeness (QED) is 0.602. The van der Waals surface area contributed by atoms with E-state index in [2.05, 4.69) is 19.3 Å². The van der Waals surface area contributed by atoms with E-state index < -0.39 is 0 Å². The van der Waals surface area contributed by atoms with E-state index in [1.165, 1.54) is 12.8 Å². The van der Waals surface area contributed by atoms with E-state index in [0.29, 0.717) is 6.04 Å². The summed E-state index contributed by atoms with van der Waals surface area (Å²) in [6.45, 7) is 4.58. The van der Waals surface area contributed by atoms with E-state index in [9.17, 15) is 0 Å². The Balaban J connectivity index is 2.24. The van der Waals surface area contributed by atoms with Crippen LogP contribution in [0.5, 0.6) is 0 Å². The Morgan fingerprint density at radius 2 is 1.73 bits per heavy atom. The number of hydroxylamine groups is 1. The first-order valence-corrected chi connectivity index (χ1v) is 4.63. The van der Waals surface area contributed by atoms with Crippen molar-refractivity contribution in [1.29, 1.82) is 0 Å². The van der Waals surface area contributed by atoms with Crippen LogP contribution in [0, 0.1) is 11.8 Å². The fourth-order valence-electron chi connectivity index (χ4n) is 1.91. The van der Waals surface area contributed by atoms with Gasteiger partial charge >= 0.3 is 0 Å². The van der Waals surface area contributed by atoms with Crippen LogP contribution in [-0.4, -0.2) is 11.2 Å². The number of nitrogens with one attached hydrogen (secondary N) is 1. The summed E-state index contributed by atoms with van der Waals surface area (Å²) in [4.78, 5) is 0. The molecule has 0 bridgehead atoms. The number of rotatable bonds is 2. The van der Waals surface area contributed by atoms with Crippen molar-refractivity contribution >= 4 is 0 Å². The topological polar surface area (TPSA) is 32.3 Å². The van der Waals surface area contributed by atoms with E-state index in [0.717, 1.165) is 24.7 Å². The molecule has 0 amide bonds. The van der Waals surface area contributed by atoms with Gasteiger partial charge in [-0.25, -0.2) is 5.48 Å². The molecule has 0 atom stereocenters. The second-order valence-corrected chi connectivity index (χ2v) is 3.98. The number of hydrogen-bond donors (Lipinski definition) is 2. The molecule has 11 heavy (non-hydrogen) atoms. The molecule has 0 aliphatic heterocycles. The molecule has 1 aliphatic rings. The van der Waals surface area contributed by atoms with E-state index in [4.69, 9.17) is 5.21 Å².